The lowest BCUT2D eigenvalue weighted by atomic mass is 10.1. The van der Waals surface area contributed by atoms with Crippen molar-refractivity contribution in [3.8, 4) is 0 Å². The van der Waals surface area contributed by atoms with Crippen molar-refractivity contribution in [2.24, 2.45) is 5.73 Å². The highest BCUT2D eigenvalue weighted by Gasteiger charge is 2.25. The van der Waals surface area contributed by atoms with Crippen LogP contribution in [0.15, 0.2) is 36.5 Å². The Morgan fingerprint density at radius 2 is 1.24 bits per heavy atom. The lowest BCUT2D eigenvalue weighted by molar-refractivity contribution is -0.161. The van der Waals surface area contributed by atoms with Gasteiger partial charge in [-0.15, -0.1) is 0 Å². The Hall–Kier alpha value is -1.77. The maximum absolute atomic E-state index is 12.4. The third-order valence-electron chi connectivity index (χ3n) is 6.28. The normalized spacial score (nSPS) is 14.1. The highest BCUT2D eigenvalue weighted by Crippen LogP contribution is 2.43. The molecule has 0 aliphatic carbocycles. The van der Waals surface area contributed by atoms with Crippen LogP contribution in [-0.4, -0.2) is 49.3 Å². The molecule has 0 rings (SSSR count). The lowest BCUT2D eigenvalue weighted by Crippen LogP contribution is -2.29. The van der Waals surface area contributed by atoms with Crippen molar-refractivity contribution in [1.82, 2.24) is 0 Å². The number of rotatable bonds is 29. The summed E-state index contributed by atoms with van der Waals surface area (Å²) in [6.45, 7) is 3.52. The van der Waals surface area contributed by atoms with Gasteiger partial charge in [0.2, 0.25) is 0 Å². The summed E-state index contributed by atoms with van der Waals surface area (Å²) >= 11 is 0. The van der Waals surface area contributed by atoms with Crippen molar-refractivity contribution in [2.75, 3.05) is 26.4 Å². The fourth-order valence-electron chi connectivity index (χ4n) is 3.88. The molecule has 0 radical (unpaired) electrons. The minimum Gasteiger partial charge on any atom is -0.462 e. The molecule has 0 spiro atoms. The Morgan fingerprint density at radius 1 is 0.714 bits per heavy atom. The molecule has 10 heteroatoms. The number of allylic oxidation sites excluding steroid dienone is 6. The monoisotopic (exact) mass is 615 g/mol. The first-order valence-electron chi connectivity index (χ1n) is 16.0. The van der Waals surface area contributed by atoms with E-state index in [2.05, 4.69) is 32.1 Å². The second-order valence-electron chi connectivity index (χ2n) is 10.3. The standard InChI is InChI=1S/C32H58NO8P/c1-3-5-7-9-11-13-14-15-16-17-19-21-23-25-32(35)41-30(29-40-42(36,37)39-27-26-33)28-38-31(34)24-22-20-18-12-10-8-6-4-2/h15-16,18-21,30H,3-14,17,22-29,33H2,1-2H3,(H,36,37)/b16-15+,20-18+,21-19+. The van der Waals surface area contributed by atoms with Crippen LogP contribution in [0, 0.1) is 0 Å². The number of unbranched alkanes of at least 4 members (excludes halogenated alkanes) is 10. The van der Waals surface area contributed by atoms with Crippen LogP contribution in [-0.2, 0) is 32.7 Å². The van der Waals surface area contributed by atoms with Crippen LogP contribution < -0.4 is 5.73 Å². The number of ether oxygens (including phenoxy) is 2. The van der Waals surface area contributed by atoms with Gasteiger partial charge in [0.15, 0.2) is 6.10 Å². The van der Waals surface area contributed by atoms with Crippen molar-refractivity contribution in [1.29, 1.82) is 0 Å². The molecule has 0 aliphatic rings. The first kappa shape index (κ1) is 40.2. The molecule has 0 saturated carbocycles. The molecule has 0 fully saturated rings. The van der Waals surface area contributed by atoms with Crippen LogP contribution in [0.2, 0.25) is 0 Å². The highest BCUT2D eigenvalue weighted by atomic mass is 31.2. The van der Waals surface area contributed by atoms with Gasteiger partial charge in [-0.1, -0.05) is 102 Å². The Bertz CT molecular complexity index is 799. The van der Waals surface area contributed by atoms with Crippen LogP contribution in [0.25, 0.3) is 0 Å². The molecule has 0 saturated heterocycles. The minimum atomic E-state index is -4.38. The zero-order valence-electron chi connectivity index (χ0n) is 26.2. The SMILES string of the molecule is CCCCCC/C=C/CCC(=O)OCC(COP(=O)(O)OCCN)OC(=O)CC/C=C/C/C=C/CCCCCCCC. The van der Waals surface area contributed by atoms with Crippen molar-refractivity contribution in [2.45, 2.75) is 129 Å². The van der Waals surface area contributed by atoms with Gasteiger partial charge in [0.25, 0.3) is 0 Å². The molecule has 3 N–H and O–H groups in total. The van der Waals surface area contributed by atoms with Gasteiger partial charge in [-0.25, -0.2) is 4.57 Å². The number of carbonyl (C=O) groups excluding carboxylic acids is 2. The second kappa shape index (κ2) is 29.3. The van der Waals surface area contributed by atoms with E-state index in [9.17, 15) is 19.0 Å². The summed E-state index contributed by atoms with van der Waals surface area (Å²) in [5.41, 5.74) is 5.29. The maximum Gasteiger partial charge on any atom is 0.472 e. The first-order chi connectivity index (χ1) is 20.3. The van der Waals surface area contributed by atoms with Gasteiger partial charge in [0.05, 0.1) is 13.2 Å². The average molecular weight is 616 g/mol. The van der Waals surface area contributed by atoms with Crippen LogP contribution in [0.1, 0.15) is 123 Å². The molecule has 0 aromatic rings. The molecule has 0 aliphatic heterocycles. The maximum atomic E-state index is 12.4. The number of phosphoric acid groups is 1. The van der Waals surface area contributed by atoms with E-state index in [1.54, 1.807) is 0 Å². The number of phosphoric ester groups is 1. The summed E-state index contributed by atoms with van der Waals surface area (Å²) in [7, 11) is -4.38. The molecule has 0 bridgehead atoms. The fraction of sp³-hybridized carbons (Fsp3) is 0.750. The molecule has 0 aromatic heterocycles. The largest absolute Gasteiger partial charge is 0.472 e. The van der Waals surface area contributed by atoms with Crippen LogP contribution in [0.4, 0.5) is 0 Å². The van der Waals surface area contributed by atoms with Gasteiger partial charge in [-0.2, -0.15) is 0 Å². The van der Waals surface area contributed by atoms with E-state index in [4.69, 9.17) is 24.3 Å². The van der Waals surface area contributed by atoms with Gasteiger partial charge in [0, 0.05) is 19.4 Å². The molecule has 2 unspecified atom stereocenters. The van der Waals surface area contributed by atoms with Crippen molar-refractivity contribution >= 4 is 19.8 Å². The number of hydrogen-bond donors (Lipinski definition) is 2. The second-order valence-corrected chi connectivity index (χ2v) is 11.8. The molecule has 0 amide bonds. The predicted molar refractivity (Wildman–Crippen MR) is 169 cm³/mol. The lowest BCUT2D eigenvalue weighted by Gasteiger charge is -2.19. The van der Waals surface area contributed by atoms with Crippen LogP contribution >= 0.6 is 7.82 Å². The third-order valence-corrected chi connectivity index (χ3v) is 7.26. The number of carbonyl (C=O) groups is 2. The van der Waals surface area contributed by atoms with Gasteiger partial charge in [-0.3, -0.25) is 18.6 Å². The van der Waals surface area contributed by atoms with Crippen molar-refractivity contribution in [3.05, 3.63) is 36.5 Å². The van der Waals surface area contributed by atoms with Gasteiger partial charge < -0.3 is 20.1 Å². The Labute approximate surface area is 254 Å². The van der Waals surface area contributed by atoms with E-state index in [-0.39, 0.29) is 32.6 Å². The molecule has 42 heavy (non-hydrogen) atoms. The van der Waals surface area contributed by atoms with Crippen molar-refractivity contribution < 1.29 is 37.6 Å². The van der Waals surface area contributed by atoms with Crippen molar-refractivity contribution in [3.63, 3.8) is 0 Å². The van der Waals surface area contributed by atoms with Gasteiger partial charge in [-0.05, 0) is 44.9 Å². The minimum absolute atomic E-state index is 0.0412. The van der Waals surface area contributed by atoms with E-state index < -0.39 is 32.5 Å². The van der Waals surface area contributed by atoms with E-state index in [0.717, 1.165) is 25.7 Å². The zero-order chi connectivity index (χ0) is 31.2. The number of hydrogen-bond acceptors (Lipinski definition) is 8. The Balaban J connectivity index is 4.46. The quantitative estimate of drug-likeness (QED) is 0.0373. The summed E-state index contributed by atoms with van der Waals surface area (Å²) in [5.74, 6) is -0.977. The molecule has 9 nitrogen and oxygen atoms in total. The van der Waals surface area contributed by atoms with E-state index in [1.165, 1.54) is 57.8 Å². The summed E-state index contributed by atoms with van der Waals surface area (Å²) in [5, 5.41) is 0. The molecular weight excluding hydrogens is 557 g/mol. The molecule has 244 valence electrons. The van der Waals surface area contributed by atoms with Gasteiger partial charge >= 0.3 is 19.8 Å². The predicted octanol–water partition coefficient (Wildman–Crippen LogP) is 7.87. The molecular formula is C32H58NO8P. The van der Waals surface area contributed by atoms with Gasteiger partial charge in [0.1, 0.15) is 6.61 Å². The van der Waals surface area contributed by atoms with E-state index >= 15 is 0 Å². The zero-order valence-corrected chi connectivity index (χ0v) is 27.1. The summed E-state index contributed by atoms with van der Waals surface area (Å²) in [6, 6.07) is 0. The smallest absolute Gasteiger partial charge is 0.462 e. The molecule has 0 aromatic carbocycles. The average Bonchev–Trinajstić information content (AvgIpc) is 2.97. The number of nitrogens with two attached hydrogens (primary N) is 1. The first-order valence-corrected chi connectivity index (χ1v) is 17.5. The summed E-state index contributed by atoms with van der Waals surface area (Å²) in [4.78, 5) is 34.3. The van der Waals surface area contributed by atoms with Crippen LogP contribution in [0.5, 0.6) is 0 Å². The molecule has 2 atom stereocenters. The van der Waals surface area contributed by atoms with E-state index in [1.807, 2.05) is 18.2 Å². The van der Waals surface area contributed by atoms with E-state index in [0.29, 0.717) is 12.8 Å². The fourth-order valence-corrected chi connectivity index (χ4v) is 4.64. The van der Waals surface area contributed by atoms with Crippen LogP contribution in [0.3, 0.4) is 0 Å². The summed E-state index contributed by atoms with van der Waals surface area (Å²) < 4.78 is 32.3. The number of esters is 2. The molecule has 0 heterocycles. The Morgan fingerprint density at radius 3 is 1.88 bits per heavy atom. The highest BCUT2D eigenvalue weighted by molar-refractivity contribution is 7.47. The Kier molecular flexibility index (Phi) is 28.1. The topological polar surface area (TPSA) is 134 Å². The third kappa shape index (κ3) is 28.4. The summed E-state index contributed by atoms with van der Waals surface area (Å²) in [6.07, 6.45) is 28.0.